The van der Waals surface area contributed by atoms with Gasteiger partial charge in [0.15, 0.2) is 0 Å². The molecule has 1 atom stereocenters. The summed E-state index contributed by atoms with van der Waals surface area (Å²) in [6, 6.07) is 0. The summed E-state index contributed by atoms with van der Waals surface area (Å²) in [6.07, 6.45) is 1.37. The zero-order valence-corrected chi connectivity index (χ0v) is 5.33. The van der Waals surface area contributed by atoms with E-state index in [4.69, 9.17) is 9.84 Å². The number of rotatable bonds is 4. The van der Waals surface area contributed by atoms with Gasteiger partial charge in [0.25, 0.3) is 0 Å². The Kier molecular flexibility index (Phi) is 3.71. The van der Waals surface area contributed by atoms with Crippen LogP contribution in [0.3, 0.4) is 0 Å². The lowest BCUT2D eigenvalue weighted by Gasteiger charge is -2.03. The maximum absolute atomic E-state index is 9.86. The van der Waals surface area contributed by atoms with Crippen LogP contribution in [0.1, 0.15) is 6.92 Å². The largest absolute Gasteiger partial charge is 0.480 e. The van der Waals surface area contributed by atoms with Crippen LogP contribution in [-0.2, 0) is 9.53 Å². The van der Waals surface area contributed by atoms with Gasteiger partial charge in [-0.15, -0.1) is 6.58 Å². The van der Waals surface area contributed by atoms with Crippen molar-refractivity contribution < 1.29 is 14.6 Å². The first-order chi connectivity index (χ1) is 4.16. The molecular formula is C6H10O3. The summed E-state index contributed by atoms with van der Waals surface area (Å²) >= 11 is 0. The van der Waals surface area contributed by atoms with E-state index in [9.17, 15) is 4.79 Å². The topological polar surface area (TPSA) is 46.5 Å². The Morgan fingerprint density at radius 3 is 2.89 bits per heavy atom. The van der Waals surface area contributed by atoms with Crippen LogP contribution in [0, 0.1) is 0 Å². The Labute approximate surface area is 53.9 Å². The molecule has 0 fully saturated rings. The number of hydrogen-bond acceptors (Lipinski definition) is 2. The normalized spacial score (nSPS) is 12.6. The van der Waals surface area contributed by atoms with Crippen LogP contribution < -0.4 is 0 Å². The molecule has 1 N–H and O–H groups in total. The van der Waals surface area contributed by atoms with E-state index in [2.05, 4.69) is 6.58 Å². The monoisotopic (exact) mass is 130 g/mol. The van der Waals surface area contributed by atoms with Crippen LogP contribution in [0.4, 0.5) is 0 Å². The predicted molar refractivity (Wildman–Crippen MR) is 33.2 cm³/mol. The van der Waals surface area contributed by atoms with E-state index in [1.807, 2.05) is 0 Å². The summed E-state index contributed by atoms with van der Waals surface area (Å²) in [5.41, 5.74) is 0. The maximum atomic E-state index is 9.86. The molecule has 0 aliphatic carbocycles. The first-order valence-corrected chi connectivity index (χ1v) is 2.62. The van der Waals surface area contributed by atoms with Crippen molar-refractivity contribution in [2.45, 2.75) is 13.0 Å². The van der Waals surface area contributed by atoms with Crippen LogP contribution in [0.15, 0.2) is 12.7 Å². The zero-order valence-electron chi connectivity index (χ0n) is 5.33. The van der Waals surface area contributed by atoms with E-state index >= 15 is 0 Å². The molecule has 0 unspecified atom stereocenters. The van der Waals surface area contributed by atoms with Gasteiger partial charge in [0, 0.05) is 0 Å². The fourth-order valence-corrected chi connectivity index (χ4v) is 0.271. The molecule has 0 rings (SSSR count). The Morgan fingerprint density at radius 1 is 2.00 bits per heavy atom. The lowest BCUT2D eigenvalue weighted by Crippen LogP contribution is -2.12. The van der Waals surface area contributed by atoms with Crippen molar-refractivity contribution in [3.8, 4) is 0 Å². The van der Waals surface area contributed by atoms with Crippen molar-refractivity contribution in [3.63, 3.8) is 0 Å². The van der Waals surface area contributed by atoms with Gasteiger partial charge in [-0.1, -0.05) is 6.08 Å². The minimum absolute atomic E-state index is 0.180. The lowest BCUT2D eigenvalue weighted by molar-refractivity contribution is -0.143. The van der Waals surface area contributed by atoms with E-state index in [0.29, 0.717) is 0 Å². The molecule has 0 aromatic carbocycles. The SMILES string of the molecule is C=C[C@H](C)OCC(=O)O. The van der Waals surface area contributed by atoms with Gasteiger partial charge in [-0.2, -0.15) is 0 Å². The highest BCUT2D eigenvalue weighted by atomic mass is 16.5. The third-order valence-corrected chi connectivity index (χ3v) is 0.802. The second-order valence-corrected chi connectivity index (χ2v) is 1.65. The zero-order chi connectivity index (χ0) is 7.28. The first-order valence-electron chi connectivity index (χ1n) is 2.62. The number of carbonyl (C=O) groups is 1. The summed E-state index contributed by atoms with van der Waals surface area (Å²) in [4.78, 5) is 9.86. The summed E-state index contributed by atoms with van der Waals surface area (Å²) < 4.78 is 4.73. The molecule has 0 heterocycles. The second-order valence-electron chi connectivity index (χ2n) is 1.65. The molecule has 0 aliphatic rings. The Bertz CT molecular complexity index is 109. The summed E-state index contributed by atoms with van der Waals surface area (Å²) in [5.74, 6) is -0.955. The van der Waals surface area contributed by atoms with Crippen molar-refractivity contribution in [3.05, 3.63) is 12.7 Å². The number of carboxylic acid groups (broad SMARTS) is 1. The fraction of sp³-hybridized carbons (Fsp3) is 0.500. The average molecular weight is 130 g/mol. The highest BCUT2D eigenvalue weighted by Gasteiger charge is 1.98. The number of ether oxygens (including phenoxy) is 1. The quantitative estimate of drug-likeness (QED) is 0.569. The van der Waals surface area contributed by atoms with E-state index in [0.717, 1.165) is 0 Å². The molecular weight excluding hydrogens is 120 g/mol. The summed E-state index contributed by atoms with van der Waals surface area (Å²) in [7, 11) is 0. The van der Waals surface area contributed by atoms with E-state index in [1.165, 1.54) is 0 Å². The van der Waals surface area contributed by atoms with Crippen LogP contribution in [0.2, 0.25) is 0 Å². The van der Waals surface area contributed by atoms with Crippen LogP contribution in [-0.4, -0.2) is 23.8 Å². The Balaban J connectivity index is 3.26. The van der Waals surface area contributed by atoms with Gasteiger partial charge in [0.1, 0.15) is 6.61 Å². The fourth-order valence-electron chi connectivity index (χ4n) is 0.271. The smallest absolute Gasteiger partial charge is 0.329 e. The summed E-state index contributed by atoms with van der Waals surface area (Å²) in [5, 5.41) is 8.10. The predicted octanol–water partition coefficient (Wildman–Crippen LogP) is 0.662. The molecule has 0 spiro atoms. The molecule has 52 valence electrons. The van der Waals surface area contributed by atoms with E-state index < -0.39 is 5.97 Å². The molecule has 0 aromatic rings. The molecule has 0 aromatic heterocycles. The van der Waals surface area contributed by atoms with E-state index in [1.54, 1.807) is 13.0 Å². The van der Waals surface area contributed by atoms with Crippen molar-refractivity contribution in [2.24, 2.45) is 0 Å². The maximum Gasteiger partial charge on any atom is 0.329 e. The third kappa shape index (κ3) is 5.03. The number of aliphatic carboxylic acids is 1. The number of hydrogen-bond donors (Lipinski definition) is 1. The first kappa shape index (κ1) is 8.17. The van der Waals surface area contributed by atoms with Gasteiger partial charge in [-0.3, -0.25) is 0 Å². The molecule has 3 heteroatoms. The molecule has 0 amide bonds. The molecule has 0 aliphatic heterocycles. The lowest BCUT2D eigenvalue weighted by atomic mass is 10.4. The van der Waals surface area contributed by atoms with Crippen molar-refractivity contribution >= 4 is 5.97 Å². The van der Waals surface area contributed by atoms with Crippen molar-refractivity contribution in [2.75, 3.05) is 6.61 Å². The van der Waals surface area contributed by atoms with Crippen LogP contribution >= 0.6 is 0 Å². The van der Waals surface area contributed by atoms with Crippen LogP contribution in [0.5, 0.6) is 0 Å². The second kappa shape index (κ2) is 4.09. The third-order valence-electron chi connectivity index (χ3n) is 0.802. The average Bonchev–Trinajstić information content (AvgIpc) is 1.83. The molecule has 0 radical (unpaired) electrons. The highest BCUT2D eigenvalue weighted by Crippen LogP contribution is 1.88. The van der Waals surface area contributed by atoms with Crippen molar-refractivity contribution in [1.82, 2.24) is 0 Å². The van der Waals surface area contributed by atoms with Gasteiger partial charge in [-0.05, 0) is 6.92 Å². The molecule has 0 bridgehead atoms. The number of carboxylic acids is 1. The minimum atomic E-state index is -0.955. The van der Waals surface area contributed by atoms with E-state index in [-0.39, 0.29) is 12.7 Å². The molecule has 3 nitrogen and oxygen atoms in total. The Morgan fingerprint density at radius 2 is 2.56 bits per heavy atom. The minimum Gasteiger partial charge on any atom is -0.480 e. The van der Waals surface area contributed by atoms with Gasteiger partial charge < -0.3 is 9.84 Å². The van der Waals surface area contributed by atoms with Gasteiger partial charge in [0.2, 0.25) is 0 Å². The summed E-state index contributed by atoms with van der Waals surface area (Å²) in [6.45, 7) is 4.90. The van der Waals surface area contributed by atoms with Gasteiger partial charge in [-0.25, -0.2) is 4.79 Å². The van der Waals surface area contributed by atoms with Gasteiger partial charge in [0.05, 0.1) is 6.10 Å². The standard InChI is InChI=1S/C6H10O3/c1-3-5(2)9-4-6(7)8/h3,5H,1,4H2,2H3,(H,7,8)/t5-/m0/s1. The molecule has 9 heavy (non-hydrogen) atoms. The molecule has 0 saturated carbocycles. The van der Waals surface area contributed by atoms with Gasteiger partial charge >= 0.3 is 5.97 Å². The highest BCUT2D eigenvalue weighted by molar-refractivity contribution is 5.68. The van der Waals surface area contributed by atoms with Crippen molar-refractivity contribution in [1.29, 1.82) is 0 Å². The Hall–Kier alpha value is -0.830. The van der Waals surface area contributed by atoms with Crippen LogP contribution in [0.25, 0.3) is 0 Å². The molecule has 0 saturated heterocycles.